The van der Waals surface area contributed by atoms with Gasteiger partial charge in [0, 0.05) is 12.1 Å². The van der Waals surface area contributed by atoms with Gasteiger partial charge in [0.1, 0.15) is 17.7 Å². The molecule has 1 aliphatic rings. The van der Waals surface area contributed by atoms with E-state index in [0.29, 0.717) is 28.3 Å². The molecule has 1 saturated carbocycles. The highest BCUT2D eigenvalue weighted by Crippen LogP contribution is 2.40. The first-order valence-corrected chi connectivity index (χ1v) is 10.0. The number of hydrogen-bond donors (Lipinski definition) is 1. The van der Waals surface area contributed by atoms with E-state index in [9.17, 15) is 14.3 Å². The molecule has 0 radical (unpaired) electrons. The molecule has 1 aliphatic carbocycles. The fourth-order valence-corrected chi connectivity index (χ4v) is 4.38. The van der Waals surface area contributed by atoms with Crippen LogP contribution in [0.1, 0.15) is 38.1 Å². The lowest BCUT2D eigenvalue weighted by Crippen LogP contribution is -2.29. The molecule has 0 spiro atoms. The number of pyridine rings is 1. The molecular weight excluding hydrogens is 389 g/mol. The van der Waals surface area contributed by atoms with Gasteiger partial charge in [0.2, 0.25) is 11.8 Å². The fraction of sp³-hybridized carbons (Fsp3) is 0.409. The van der Waals surface area contributed by atoms with E-state index in [-0.39, 0.29) is 11.8 Å². The molecule has 30 heavy (non-hydrogen) atoms. The summed E-state index contributed by atoms with van der Waals surface area (Å²) < 4.78 is 26.2. The quantitative estimate of drug-likeness (QED) is 0.642. The zero-order chi connectivity index (χ0) is 21.3. The molecule has 2 heterocycles. The van der Waals surface area contributed by atoms with Gasteiger partial charge >= 0.3 is 5.97 Å². The number of aliphatic carboxylic acids is 1. The minimum absolute atomic E-state index is 0.0327. The number of carboxylic acid groups (broad SMARTS) is 1. The molecule has 1 unspecified atom stereocenters. The number of carboxylic acids is 1. The highest BCUT2D eigenvalue weighted by atomic mass is 19.1. The Bertz CT molecular complexity index is 1080. The van der Waals surface area contributed by atoms with Crippen LogP contribution in [0.5, 0.6) is 11.8 Å². The Morgan fingerprint density at radius 3 is 2.57 bits per heavy atom. The van der Waals surface area contributed by atoms with Crippen LogP contribution < -0.4 is 9.47 Å². The van der Waals surface area contributed by atoms with E-state index < -0.39 is 17.8 Å². The van der Waals surface area contributed by atoms with E-state index in [1.807, 2.05) is 0 Å². The number of methoxy groups -OCH3 is 2. The normalized spacial score (nSPS) is 15.8. The van der Waals surface area contributed by atoms with Crippen molar-refractivity contribution in [1.82, 2.24) is 14.5 Å². The predicted octanol–water partition coefficient (Wildman–Crippen LogP) is 4.46. The molecule has 7 nitrogen and oxygen atoms in total. The summed E-state index contributed by atoms with van der Waals surface area (Å²) in [7, 11) is 2.98. The summed E-state index contributed by atoms with van der Waals surface area (Å²) in [5.74, 6) is -0.365. The Kier molecular flexibility index (Phi) is 5.57. The highest BCUT2D eigenvalue weighted by molar-refractivity contribution is 5.85. The van der Waals surface area contributed by atoms with E-state index in [0.717, 1.165) is 32.1 Å². The molecule has 4 rings (SSSR count). The van der Waals surface area contributed by atoms with Gasteiger partial charge in [-0.3, -0.25) is 0 Å². The number of nitrogens with zero attached hydrogens (tertiary/aromatic N) is 3. The number of carbonyl (C=O) groups is 1. The lowest BCUT2D eigenvalue weighted by Gasteiger charge is -2.30. The van der Waals surface area contributed by atoms with Crippen molar-refractivity contribution in [2.75, 3.05) is 14.2 Å². The Hall–Kier alpha value is -3.16. The van der Waals surface area contributed by atoms with Crippen LogP contribution in [-0.4, -0.2) is 39.8 Å². The van der Waals surface area contributed by atoms with Crippen LogP contribution in [0.2, 0.25) is 0 Å². The minimum Gasteiger partial charge on any atom is -0.481 e. The van der Waals surface area contributed by atoms with Crippen molar-refractivity contribution in [3.05, 3.63) is 36.1 Å². The predicted molar refractivity (Wildman–Crippen MR) is 109 cm³/mol. The van der Waals surface area contributed by atoms with Crippen molar-refractivity contribution in [2.45, 2.75) is 38.1 Å². The number of aromatic nitrogens is 3. The Labute approximate surface area is 173 Å². The number of rotatable bonds is 6. The largest absolute Gasteiger partial charge is 0.481 e. The third kappa shape index (κ3) is 3.58. The van der Waals surface area contributed by atoms with Gasteiger partial charge in [-0.15, -0.1) is 0 Å². The second-order valence-corrected chi connectivity index (χ2v) is 7.53. The summed E-state index contributed by atoms with van der Waals surface area (Å²) in [4.78, 5) is 21.4. The average molecular weight is 413 g/mol. The molecule has 0 aliphatic heterocycles. The summed E-state index contributed by atoms with van der Waals surface area (Å²) >= 11 is 0. The maximum atomic E-state index is 13.9. The highest BCUT2D eigenvalue weighted by Gasteiger charge is 2.35. The van der Waals surface area contributed by atoms with Crippen LogP contribution in [0, 0.1) is 11.7 Å². The first kappa shape index (κ1) is 20.1. The molecule has 0 amide bonds. The number of imidazole rings is 1. The molecule has 1 N–H and O–H groups in total. The van der Waals surface area contributed by atoms with Crippen LogP contribution in [0.25, 0.3) is 22.4 Å². The van der Waals surface area contributed by atoms with Crippen LogP contribution in [0.4, 0.5) is 4.39 Å². The Morgan fingerprint density at radius 2 is 1.90 bits per heavy atom. The van der Waals surface area contributed by atoms with Gasteiger partial charge in [-0.2, -0.15) is 4.98 Å². The van der Waals surface area contributed by atoms with E-state index in [2.05, 4.69) is 9.97 Å². The van der Waals surface area contributed by atoms with Gasteiger partial charge in [-0.1, -0.05) is 19.3 Å². The number of benzene rings is 1. The number of fused-ring (bicyclic) bond motifs is 1. The lowest BCUT2D eigenvalue weighted by atomic mass is 9.83. The topological polar surface area (TPSA) is 86.5 Å². The maximum absolute atomic E-state index is 13.9. The van der Waals surface area contributed by atoms with E-state index in [1.54, 1.807) is 22.8 Å². The first-order valence-electron chi connectivity index (χ1n) is 10.0. The maximum Gasteiger partial charge on any atom is 0.327 e. The molecule has 8 heteroatoms. The summed E-state index contributed by atoms with van der Waals surface area (Å²) in [5.41, 5.74) is 1.49. The molecule has 1 fully saturated rings. The van der Waals surface area contributed by atoms with Crippen molar-refractivity contribution >= 4 is 17.0 Å². The Balaban J connectivity index is 1.97. The second kappa shape index (κ2) is 8.30. The van der Waals surface area contributed by atoms with Crippen molar-refractivity contribution in [1.29, 1.82) is 0 Å². The van der Waals surface area contributed by atoms with Crippen LogP contribution in [0.15, 0.2) is 30.3 Å². The zero-order valence-electron chi connectivity index (χ0n) is 17.0. The van der Waals surface area contributed by atoms with Gasteiger partial charge in [0.05, 0.1) is 30.8 Å². The van der Waals surface area contributed by atoms with E-state index in [4.69, 9.17) is 9.47 Å². The Morgan fingerprint density at radius 1 is 1.13 bits per heavy atom. The van der Waals surface area contributed by atoms with Gasteiger partial charge in [-0.05, 0) is 37.0 Å². The smallest absolute Gasteiger partial charge is 0.327 e. The molecule has 3 aromatic rings. The third-order valence-corrected chi connectivity index (χ3v) is 5.76. The van der Waals surface area contributed by atoms with Crippen LogP contribution in [0.3, 0.4) is 0 Å². The van der Waals surface area contributed by atoms with Gasteiger partial charge in [0.15, 0.2) is 0 Å². The standard InChI is InChI=1S/C22H24FN3O4/c1-29-18-11-9-15(21(25-18)30-2)20-24-16-12-14(23)8-10-17(16)26(20)19(22(27)28)13-6-4-3-5-7-13/h8-13,19H,3-7H2,1-2H3,(H,27,28). The third-order valence-electron chi connectivity index (χ3n) is 5.76. The minimum atomic E-state index is -0.924. The van der Waals surface area contributed by atoms with Gasteiger partial charge in [-0.25, -0.2) is 14.2 Å². The number of halogens is 1. The van der Waals surface area contributed by atoms with Crippen LogP contribution >= 0.6 is 0 Å². The molecular formula is C22H24FN3O4. The monoisotopic (exact) mass is 413 g/mol. The van der Waals surface area contributed by atoms with Crippen molar-refractivity contribution in [3.8, 4) is 23.1 Å². The second-order valence-electron chi connectivity index (χ2n) is 7.53. The molecule has 158 valence electrons. The van der Waals surface area contributed by atoms with Gasteiger partial charge < -0.3 is 19.1 Å². The molecule has 0 bridgehead atoms. The average Bonchev–Trinajstić information content (AvgIpc) is 3.11. The zero-order valence-corrected chi connectivity index (χ0v) is 17.0. The summed E-state index contributed by atoms with van der Waals surface area (Å²) in [6.07, 6.45) is 4.77. The number of hydrogen-bond acceptors (Lipinski definition) is 5. The molecule has 0 saturated heterocycles. The van der Waals surface area contributed by atoms with Crippen molar-refractivity contribution in [2.24, 2.45) is 5.92 Å². The summed E-state index contributed by atoms with van der Waals surface area (Å²) in [6.45, 7) is 0. The summed E-state index contributed by atoms with van der Waals surface area (Å²) in [6, 6.07) is 6.81. The SMILES string of the molecule is COc1ccc(-c2nc3cc(F)ccc3n2C(C(=O)O)C2CCCCC2)c(OC)n1. The first-order chi connectivity index (χ1) is 14.5. The van der Waals surface area contributed by atoms with E-state index in [1.165, 1.54) is 26.4 Å². The molecule has 1 atom stereocenters. The molecule has 1 aromatic carbocycles. The number of ether oxygens (including phenoxy) is 2. The van der Waals surface area contributed by atoms with E-state index >= 15 is 0 Å². The summed E-state index contributed by atoms with van der Waals surface area (Å²) in [5, 5.41) is 10.2. The van der Waals surface area contributed by atoms with Crippen molar-refractivity contribution in [3.63, 3.8) is 0 Å². The lowest BCUT2D eigenvalue weighted by molar-refractivity contribution is -0.143. The fourth-order valence-electron chi connectivity index (χ4n) is 4.38. The van der Waals surface area contributed by atoms with Gasteiger partial charge in [0.25, 0.3) is 0 Å². The molecule has 2 aromatic heterocycles. The van der Waals surface area contributed by atoms with Crippen LogP contribution in [-0.2, 0) is 4.79 Å². The van der Waals surface area contributed by atoms with Crippen molar-refractivity contribution < 1.29 is 23.8 Å².